The van der Waals surface area contributed by atoms with Crippen LogP contribution in [0.3, 0.4) is 0 Å². The number of anilines is 1. The minimum Gasteiger partial charge on any atom is -0.616 e. The smallest absolute Gasteiger partial charge is 0.205 e. The molecule has 3 rings (SSSR count). The molecule has 7 nitrogen and oxygen atoms in total. The normalized spacial score (nSPS) is 15.4. The SMILES string of the molecule is COC(=N)/C=C\C(=N)n1cc(-c2ccc(N3CC[S+]([O-])CC3)cc2)cn1. The van der Waals surface area contributed by atoms with Crippen LogP contribution in [0, 0.1) is 10.8 Å². The first-order valence-electron chi connectivity index (χ1n) is 8.21. The first kappa shape index (κ1) is 18.2. The van der Waals surface area contributed by atoms with Gasteiger partial charge in [0.15, 0.2) is 0 Å². The summed E-state index contributed by atoms with van der Waals surface area (Å²) >= 11 is -0.676. The van der Waals surface area contributed by atoms with Crippen molar-refractivity contribution in [2.24, 2.45) is 0 Å². The van der Waals surface area contributed by atoms with E-state index in [2.05, 4.69) is 22.1 Å². The molecule has 1 saturated heterocycles. The Morgan fingerprint density at radius 1 is 1.15 bits per heavy atom. The molecule has 26 heavy (non-hydrogen) atoms. The van der Waals surface area contributed by atoms with Crippen molar-refractivity contribution in [1.82, 2.24) is 9.78 Å². The second-order valence-electron chi connectivity index (χ2n) is 5.84. The van der Waals surface area contributed by atoms with Crippen LogP contribution in [0.2, 0.25) is 0 Å². The molecule has 1 aromatic carbocycles. The average Bonchev–Trinajstić information content (AvgIpc) is 3.17. The van der Waals surface area contributed by atoms with Gasteiger partial charge in [-0.05, 0) is 23.8 Å². The van der Waals surface area contributed by atoms with Crippen molar-refractivity contribution in [3.05, 3.63) is 48.8 Å². The first-order chi connectivity index (χ1) is 12.6. The molecule has 1 fully saturated rings. The Kier molecular flexibility index (Phi) is 5.75. The zero-order valence-corrected chi connectivity index (χ0v) is 15.3. The number of aromatic nitrogens is 2. The van der Waals surface area contributed by atoms with E-state index in [1.54, 1.807) is 12.4 Å². The second-order valence-corrected chi connectivity index (χ2v) is 7.54. The second kappa shape index (κ2) is 8.20. The van der Waals surface area contributed by atoms with Gasteiger partial charge in [-0.3, -0.25) is 10.8 Å². The molecule has 8 heteroatoms. The van der Waals surface area contributed by atoms with E-state index in [9.17, 15) is 4.55 Å². The van der Waals surface area contributed by atoms with Gasteiger partial charge in [-0.2, -0.15) is 5.10 Å². The fourth-order valence-electron chi connectivity index (χ4n) is 2.66. The zero-order chi connectivity index (χ0) is 18.5. The van der Waals surface area contributed by atoms with Crippen molar-refractivity contribution in [3.8, 4) is 11.1 Å². The van der Waals surface area contributed by atoms with E-state index in [1.807, 2.05) is 12.1 Å². The number of nitrogens with zero attached hydrogens (tertiary/aromatic N) is 3. The summed E-state index contributed by atoms with van der Waals surface area (Å²) in [5.41, 5.74) is 3.06. The molecular formula is C18H21N5O2S. The van der Waals surface area contributed by atoms with Crippen LogP contribution in [-0.2, 0) is 15.9 Å². The van der Waals surface area contributed by atoms with Gasteiger partial charge in [0.05, 0.1) is 26.4 Å². The number of methoxy groups -OCH3 is 1. The highest BCUT2D eigenvalue weighted by Crippen LogP contribution is 2.24. The first-order valence-corrected chi connectivity index (χ1v) is 9.70. The number of ether oxygens (including phenoxy) is 1. The predicted molar refractivity (Wildman–Crippen MR) is 105 cm³/mol. The summed E-state index contributed by atoms with van der Waals surface area (Å²) in [6.07, 6.45) is 6.36. The molecule has 0 saturated carbocycles. The quantitative estimate of drug-likeness (QED) is 0.488. The highest BCUT2D eigenvalue weighted by Gasteiger charge is 2.19. The van der Waals surface area contributed by atoms with Gasteiger partial charge in [0.2, 0.25) is 5.90 Å². The fraction of sp³-hybridized carbons (Fsp3) is 0.278. The maximum atomic E-state index is 11.5. The maximum absolute atomic E-state index is 11.5. The lowest BCUT2D eigenvalue weighted by Crippen LogP contribution is -2.40. The molecule has 0 bridgehead atoms. The minimum atomic E-state index is -0.676. The number of allylic oxidation sites excluding steroid dienone is 1. The molecular weight excluding hydrogens is 350 g/mol. The Labute approximate surface area is 155 Å². The monoisotopic (exact) mass is 371 g/mol. The highest BCUT2D eigenvalue weighted by molar-refractivity contribution is 7.91. The number of hydrogen-bond donors (Lipinski definition) is 2. The van der Waals surface area contributed by atoms with Crippen LogP contribution >= 0.6 is 0 Å². The zero-order valence-electron chi connectivity index (χ0n) is 14.5. The standard InChI is InChI=1S/C18H21N5O2S/c1-25-18(20)7-6-17(19)23-13-15(12-21-23)14-2-4-16(5-3-14)22-8-10-26(24)11-9-22/h2-7,12-13,19-20H,8-11H2,1H3/b7-6-,19-17?,20-18?. The molecule has 1 aliphatic heterocycles. The van der Waals surface area contributed by atoms with E-state index in [0.29, 0.717) is 0 Å². The van der Waals surface area contributed by atoms with Gasteiger partial charge in [-0.15, -0.1) is 0 Å². The van der Waals surface area contributed by atoms with E-state index in [0.717, 1.165) is 41.4 Å². The summed E-state index contributed by atoms with van der Waals surface area (Å²) in [5.74, 6) is 1.59. The Morgan fingerprint density at radius 3 is 2.50 bits per heavy atom. The summed E-state index contributed by atoms with van der Waals surface area (Å²) in [4.78, 5) is 2.25. The molecule has 2 heterocycles. The Balaban J connectivity index is 1.68. The summed E-state index contributed by atoms with van der Waals surface area (Å²) in [6.45, 7) is 1.65. The van der Waals surface area contributed by atoms with E-state index in [4.69, 9.17) is 15.6 Å². The van der Waals surface area contributed by atoms with E-state index in [1.165, 1.54) is 23.9 Å². The van der Waals surface area contributed by atoms with Crippen LogP contribution in [0.1, 0.15) is 0 Å². The van der Waals surface area contributed by atoms with Crippen molar-refractivity contribution < 1.29 is 9.29 Å². The third kappa shape index (κ3) is 4.33. The average molecular weight is 371 g/mol. The van der Waals surface area contributed by atoms with Gasteiger partial charge in [-0.25, -0.2) is 4.68 Å². The summed E-state index contributed by atoms with van der Waals surface area (Å²) in [5, 5.41) is 19.6. The Morgan fingerprint density at radius 2 is 1.85 bits per heavy atom. The maximum Gasteiger partial charge on any atom is 0.205 e. The topological polar surface area (TPSA) is 101 Å². The largest absolute Gasteiger partial charge is 0.616 e. The number of nitrogens with one attached hydrogen (secondary N) is 2. The van der Waals surface area contributed by atoms with Crippen molar-refractivity contribution in [2.45, 2.75) is 0 Å². The number of benzene rings is 1. The Bertz CT molecular complexity index is 807. The van der Waals surface area contributed by atoms with Crippen LogP contribution in [0.4, 0.5) is 5.69 Å². The lowest BCUT2D eigenvalue weighted by atomic mass is 10.1. The lowest BCUT2D eigenvalue weighted by molar-refractivity contribution is 0.403. The number of hydrogen-bond acceptors (Lipinski definition) is 6. The van der Waals surface area contributed by atoms with E-state index >= 15 is 0 Å². The third-order valence-corrected chi connectivity index (χ3v) is 5.46. The van der Waals surface area contributed by atoms with Crippen LogP contribution < -0.4 is 4.90 Å². The predicted octanol–water partition coefficient (Wildman–Crippen LogP) is 2.12. The molecule has 0 spiro atoms. The van der Waals surface area contributed by atoms with Gasteiger partial charge < -0.3 is 14.2 Å². The molecule has 0 atom stereocenters. The minimum absolute atomic E-state index is 0.0146. The molecule has 0 unspecified atom stereocenters. The van der Waals surface area contributed by atoms with Crippen molar-refractivity contribution in [2.75, 3.05) is 36.6 Å². The van der Waals surface area contributed by atoms with Crippen LogP contribution in [0.5, 0.6) is 0 Å². The van der Waals surface area contributed by atoms with Gasteiger partial charge in [0, 0.05) is 23.5 Å². The summed E-state index contributed by atoms with van der Waals surface area (Å²) in [6, 6.07) is 8.18. The molecule has 1 aliphatic rings. The van der Waals surface area contributed by atoms with Crippen molar-refractivity contribution >= 4 is 28.6 Å². The molecule has 0 amide bonds. The lowest BCUT2D eigenvalue weighted by Gasteiger charge is -2.30. The molecule has 1 aromatic heterocycles. The van der Waals surface area contributed by atoms with Crippen molar-refractivity contribution in [1.29, 1.82) is 10.8 Å². The summed E-state index contributed by atoms with van der Waals surface area (Å²) < 4.78 is 17.6. The van der Waals surface area contributed by atoms with Crippen LogP contribution in [0.15, 0.2) is 48.8 Å². The van der Waals surface area contributed by atoms with Crippen molar-refractivity contribution in [3.63, 3.8) is 0 Å². The molecule has 2 aromatic rings. The Hall–Kier alpha value is -2.58. The van der Waals surface area contributed by atoms with Gasteiger partial charge in [-0.1, -0.05) is 23.3 Å². The molecule has 0 radical (unpaired) electrons. The molecule has 2 N–H and O–H groups in total. The molecule has 0 aliphatic carbocycles. The number of rotatable bonds is 4. The van der Waals surface area contributed by atoms with E-state index < -0.39 is 11.2 Å². The fourth-order valence-corrected chi connectivity index (χ4v) is 3.72. The summed E-state index contributed by atoms with van der Waals surface area (Å²) in [7, 11) is 1.41. The molecule has 136 valence electrons. The van der Waals surface area contributed by atoms with Crippen LogP contribution in [-0.4, -0.2) is 57.8 Å². The van der Waals surface area contributed by atoms with Gasteiger partial charge in [0.25, 0.3) is 0 Å². The highest BCUT2D eigenvalue weighted by atomic mass is 32.2. The van der Waals surface area contributed by atoms with E-state index in [-0.39, 0.29) is 11.7 Å². The van der Waals surface area contributed by atoms with Gasteiger partial charge >= 0.3 is 0 Å². The third-order valence-electron chi connectivity index (χ3n) is 4.19. The van der Waals surface area contributed by atoms with Crippen LogP contribution in [0.25, 0.3) is 11.1 Å². The van der Waals surface area contributed by atoms with Gasteiger partial charge in [0.1, 0.15) is 17.3 Å².